The van der Waals surface area contributed by atoms with E-state index in [0.717, 1.165) is 31.8 Å². The van der Waals surface area contributed by atoms with Crippen molar-refractivity contribution in [2.45, 2.75) is 25.3 Å². The number of pyridine rings is 2. The summed E-state index contributed by atoms with van der Waals surface area (Å²) in [6.07, 6.45) is 11.0. The molecule has 3 aromatic heterocycles. The fourth-order valence-corrected chi connectivity index (χ4v) is 3.71. The molecule has 1 saturated heterocycles. The van der Waals surface area contributed by atoms with Crippen LogP contribution in [0.25, 0.3) is 0 Å². The van der Waals surface area contributed by atoms with Crippen molar-refractivity contribution in [2.24, 2.45) is 0 Å². The van der Waals surface area contributed by atoms with E-state index >= 15 is 0 Å². The monoisotopic (exact) mass is 377 g/mol. The zero-order chi connectivity index (χ0) is 19.3. The molecule has 1 aliphatic rings. The lowest BCUT2D eigenvalue weighted by atomic mass is 9.96. The first-order chi connectivity index (χ1) is 13.7. The second-order valence-corrected chi connectivity index (χ2v) is 6.95. The van der Waals surface area contributed by atoms with Crippen molar-refractivity contribution in [3.05, 3.63) is 72.2 Å². The summed E-state index contributed by atoms with van der Waals surface area (Å²) < 4.78 is 7.32. The molecule has 7 nitrogen and oxygen atoms in total. The van der Waals surface area contributed by atoms with E-state index in [2.05, 4.69) is 19.5 Å². The lowest BCUT2D eigenvalue weighted by molar-refractivity contribution is 0.0703. The largest absolute Gasteiger partial charge is 0.481 e. The van der Waals surface area contributed by atoms with Gasteiger partial charge in [0.25, 0.3) is 5.91 Å². The number of rotatable bonds is 5. The molecule has 0 saturated carbocycles. The number of aromatic nitrogens is 4. The van der Waals surface area contributed by atoms with Gasteiger partial charge in [0.2, 0.25) is 5.88 Å². The van der Waals surface area contributed by atoms with E-state index in [1.807, 2.05) is 29.4 Å². The van der Waals surface area contributed by atoms with Crippen LogP contribution in [0.3, 0.4) is 0 Å². The van der Waals surface area contributed by atoms with E-state index in [0.29, 0.717) is 18.0 Å². The summed E-state index contributed by atoms with van der Waals surface area (Å²) in [5.74, 6) is 1.71. The smallest absolute Gasteiger partial charge is 0.254 e. The van der Waals surface area contributed by atoms with Gasteiger partial charge < -0.3 is 14.2 Å². The number of hydrogen-bond acceptors (Lipinski definition) is 5. The van der Waals surface area contributed by atoms with Gasteiger partial charge in [-0.05, 0) is 36.6 Å². The molecule has 4 rings (SSSR count). The summed E-state index contributed by atoms with van der Waals surface area (Å²) in [6, 6.07) is 7.45. The zero-order valence-electron chi connectivity index (χ0n) is 15.9. The van der Waals surface area contributed by atoms with Crippen LogP contribution in [0.5, 0.6) is 5.88 Å². The number of methoxy groups -OCH3 is 1. The highest BCUT2D eigenvalue weighted by Gasteiger charge is 2.28. The van der Waals surface area contributed by atoms with Crippen LogP contribution in [0.4, 0.5) is 0 Å². The number of nitrogens with zero attached hydrogens (tertiary/aromatic N) is 5. The normalized spacial score (nSPS) is 16.8. The van der Waals surface area contributed by atoms with Crippen molar-refractivity contribution in [2.75, 3.05) is 20.2 Å². The number of amides is 1. The molecule has 0 N–H and O–H groups in total. The molecule has 0 spiro atoms. The van der Waals surface area contributed by atoms with Crippen LogP contribution < -0.4 is 4.74 Å². The van der Waals surface area contributed by atoms with E-state index in [4.69, 9.17) is 4.74 Å². The van der Waals surface area contributed by atoms with Crippen molar-refractivity contribution in [1.29, 1.82) is 0 Å². The Morgan fingerprint density at radius 2 is 2.04 bits per heavy atom. The number of carbonyl (C=O) groups excluding carboxylic acids is 1. The molecule has 7 heteroatoms. The van der Waals surface area contributed by atoms with Crippen molar-refractivity contribution >= 4 is 5.91 Å². The fourth-order valence-electron chi connectivity index (χ4n) is 3.71. The molecule has 4 heterocycles. The Kier molecular flexibility index (Phi) is 5.32. The van der Waals surface area contributed by atoms with Crippen LogP contribution >= 0.6 is 0 Å². The SMILES string of the molecule is COc1cc(C(=O)N2CCC[C@H](c3nccn3Cc3ccncc3)C2)ccn1. The summed E-state index contributed by atoms with van der Waals surface area (Å²) in [5, 5.41) is 0. The van der Waals surface area contributed by atoms with Crippen molar-refractivity contribution in [1.82, 2.24) is 24.4 Å². The van der Waals surface area contributed by atoms with Crippen molar-refractivity contribution in [3.63, 3.8) is 0 Å². The van der Waals surface area contributed by atoms with Gasteiger partial charge in [-0.2, -0.15) is 0 Å². The summed E-state index contributed by atoms with van der Waals surface area (Å²) >= 11 is 0. The third-order valence-electron chi connectivity index (χ3n) is 5.11. The average Bonchev–Trinajstić information content (AvgIpc) is 3.22. The van der Waals surface area contributed by atoms with Crippen LogP contribution in [0.1, 0.15) is 40.5 Å². The molecular weight excluding hydrogens is 354 g/mol. The first kappa shape index (κ1) is 18.2. The topological polar surface area (TPSA) is 73.1 Å². The van der Waals surface area contributed by atoms with Crippen LogP contribution in [-0.2, 0) is 6.54 Å². The highest BCUT2D eigenvalue weighted by atomic mass is 16.5. The Morgan fingerprint density at radius 1 is 1.18 bits per heavy atom. The third-order valence-corrected chi connectivity index (χ3v) is 5.11. The van der Waals surface area contributed by atoms with Gasteiger partial charge in [0, 0.05) is 68.2 Å². The molecule has 28 heavy (non-hydrogen) atoms. The Hall–Kier alpha value is -3.22. The van der Waals surface area contributed by atoms with E-state index in [-0.39, 0.29) is 11.8 Å². The first-order valence-corrected chi connectivity index (χ1v) is 9.44. The molecule has 3 aromatic rings. The zero-order valence-corrected chi connectivity index (χ0v) is 15.9. The molecule has 0 unspecified atom stereocenters. The van der Waals surface area contributed by atoms with Gasteiger partial charge in [-0.3, -0.25) is 9.78 Å². The number of hydrogen-bond donors (Lipinski definition) is 0. The fraction of sp³-hybridized carbons (Fsp3) is 0.333. The maximum absolute atomic E-state index is 13.0. The van der Waals surface area contributed by atoms with Crippen LogP contribution in [0.2, 0.25) is 0 Å². The molecular formula is C21H23N5O2. The third kappa shape index (κ3) is 3.88. The van der Waals surface area contributed by atoms with Gasteiger partial charge >= 0.3 is 0 Å². The van der Waals surface area contributed by atoms with Gasteiger partial charge in [0.15, 0.2) is 0 Å². The van der Waals surface area contributed by atoms with E-state index in [1.54, 1.807) is 37.8 Å². The Morgan fingerprint density at radius 3 is 2.86 bits per heavy atom. The number of ether oxygens (including phenoxy) is 1. The Balaban J connectivity index is 1.50. The second-order valence-electron chi connectivity index (χ2n) is 6.95. The summed E-state index contributed by atoms with van der Waals surface area (Å²) in [7, 11) is 1.55. The molecule has 1 atom stereocenters. The van der Waals surface area contributed by atoms with Gasteiger partial charge in [-0.1, -0.05) is 0 Å². The number of piperidine rings is 1. The average molecular weight is 377 g/mol. The van der Waals surface area contributed by atoms with Gasteiger partial charge in [0.05, 0.1) is 7.11 Å². The lowest BCUT2D eigenvalue weighted by Gasteiger charge is -2.32. The van der Waals surface area contributed by atoms with Gasteiger partial charge in [-0.15, -0.1) is 0 Å². The number of carbonyl (C=O) groups is 1. The molecule has 0 radical (unpaired) electrons. The highest BCUT2D eigenvalue weighted by Crippen LogP contribution is 2.27. The second kappa shape index (κ2) is 8.21. The predicted molar refractivity (Wildman–Crippen MR) is 104 cm³/mol. The van der Waals surface area contributed by atoms with Gasteiger partial charge in [-0.25, -0.2) is 9.97 Å². The lowest BCUT2D eigenvalue weighted by Crippen LogP contribution is -2.39. The summed E-state index contributed by atoms with van der Waals surface area (Å²) in [5.41, 5.74) is 1.79. The minimum atomic E-state index is 0.0117. The molecule has 0 aliphatic carbocycles. The predicted octanol–water partition coefficient (Wildman–Crippen LogP) is 2.75. The number of likely N-dealkylation sites (tertiary alicyclic amines) is 1. The Labute approximate surface area is 164 Å². The molecule has 1 aliphatic heterocycles. The standard InChI is InChI=1S/C21H23N5O2/c1-28-19-13-17(6-9-23-19)21(27)26-11-2-3-18(15-26)20-24-10-12-25(20)14-16-4-7-22-8-5-16/h4-10,12-13,18H,2-3,11,14-15H2,1H3/t18-/m0/s1. The number of imidazole rings is 1. The maximum atomic E-state index is 13.0. The van der Waals surface area contributed by atoms with Crippen LogP contribution in [0, 0.1) is 0 Å². The quantitative estimate of drug-likeness (QED) is 0.684. The minimum Gasteiger partial charge on any atom is -0.481 e. The van der Waals surface area contributed by atoms with Crippen LogP contribution in [-0.4, -0.2) is 50.5 Å². The summed E-state index contributed by atoms with van der Waals surface area (Å²) in [4.78, 5) is 27.6. The molecule has 1 fully saturated rings. The van der Waals surface area contributed by atoms with Crippen molar-refractivity contribution in [3.8, 4) is 5.88 Å². The maximum Gasteiger partial charge on any atom is 0.254 e. The Bertz CT molecular complexity index is 941. The molecule has 144 valence electrons. The summed E-state index contributed by atoms with van der Waals surface area (Å²) in [6.45, 7) is 2.17. The first-order valence-electron chi connectivity index (χ1n) is 9.44. The van der Waals surface area contributed by atoms with Crippen molar-refractivity contribution < 1.29 is 9.53 Å². The van der Waals surface area contributed by atoms with E-state index in [1.165, 1.54) is 5.56 Å². The molecule has 1 amide bonds. The van der Waals surface area contributed by atoms with Gasteiger partial charge in [0.1, 0.15) is 5.82 Å². The van der Waals surface area contributed by atoms with Crippen LogP contribution in [0.15, 0.2) is 55.2 Å². The van der Waals surface area contributed by atoms with E-state index < -0.39 is 0 Å². The molecule has 0 aromatic carbocycles. The minimum absolute atomic E-state index is 0.0117. The van der Waals surface area contributed by atoms with E-state index in [9.17, 15) is 4.79 Å². The highest BCUT2D eigenvalue weighted by molar-refractivity contribution is 5.94. The molecule has 0 bridgehead atoms.